The fourth-order valence-electron chi connectivity index (χ4n) is 2.86. The van der Waals surface area contributed by atoms with Crippen molar-refractivity contribution in [1.82, 2.24) is 19.5 Å². The standard InChI is InChI=1S/C17H15N5O3S/c1-25-16-6-14-13(7-20-16)17-15(8-19-14)21-10-22(17)12-4-2-11(3-5-12)9-26(18,23)24/h2-8,10H,9H2,1H3,(H2,18,23,24). The molecule has 0 fully saturated rings. The number of aromatic nitrogens is 4. The lowest BCUT2D eigenvalue weighted by Crippen LogP contribution is -2.14. The van der Waals surface area contributed by atoms with Gasteiger partial charge in [0.05, 0.1) is 30.1 Å². The zero-order chi connectivity index (χ0) is 18.3. The molecule has 0 radical (unpaired) electrons. The van der Waals surface area contributed by atoms with Crippen molar-refractivity contribution in [3.8, 4) is 11.6 Å². The average molecular weight is 369 g/mol. The monoisotopic (exact) mass is 369 g/mol. The van der Waals surface area contributed by atoms with Crippen LogP contribution in [0.2, 0.25) is 0 Å². The first-order valence-corrected chi connectivity index (χ1v) is 9.42. The van der Waals surface area contributed by atoms with Gasteiger partial charge >= 0.3 is 0 Å². The topological polar surface area (TPSA) is 113 Å². The van der Waals surface area contributed by atoms with Crippen LogP contribution in [0.3, 0.4) is 0 Å². The molecular weight excluding hydrogens is 354 g/mol. The summed E-state index contributed by atoms with van der Waals surface area (Å²) in [5, 5.41) is 5.94. The summed E-state index contributed by atoms with van der Waals surface area (Å²) in [7, 11) is -2.01. The maximum absolute atomic E-state index is 11.2. The summed E-state index contributed by atoms with van der Waals surface area (Å²) in [4.78, 5) is 13.1. The first kappa shape index (κ1) is 16.4. The van der Waals surface area contributed by atoms with Gasteiger partial charge in [0.1, 0.15) is 11.8 Å². The molecule has 8 nitrogen and oxygen atoms in total. The lowest BCUT2D eigenvalue weighted by molar-refractivity contribution is 0.398. The summed E-state index contributed by atoms with van der Waals surface area (Å²) in [6.07, 6.45) is 5.10. The van der Waals surface area contributed by atoms with Crippen LogP contribution in [0, 0.1) is 0 Å². The lowest BCUT2D eigenvalue weighted by Gasteiger charge is -2.08. The van der Waals surface area contributed by atoms with Crippen molar-refractivity contribution in [2.24, 2.45) is 5.14 Å². The molecule has 0 saturated heterocycles. The molecule has 9 heteroatoms. The smallest absolute Gasteiger partial charge is 0.215 e. The SMILES string of the molecule is COc1cc2ncc3ncn(-c4ccc(CS(N)(=O)=O)cc4)c3c2cn1. The third kappa shape index (κ3) is 2.98. The van der Waals surface area contributed by atoms with Crippen molar-refractivity contribution in [3.05, 3.63) is 54.6 Å². The van der Waals surface area contributed by atoms with Crippen molar-refractivity contribution >= 4 is 32.0 Å². The molecule has 3 heterocycles. The average Bonchev–Trinajstić information content (AvgIpc) is 3.05. The highest BCUT2D eigenvalue weighted by Gasteiger charge is 2.12. The Hall–Kier alpha value is -3.04. The van der Waals surface area contributed by atoms with E-state index in [0.717, 1.165) is 27.6 Å². The van der Waals surface area contributed by atoms with Gasteiger partial charge in [-0.1, -0.05) is 12.1 Å². The van der Waals surface area contributed by atoms with Gasteiger partial charge < -0.3 is 4.74 Å². The van der Waals surface area contributed by atoms with E-state index in [2.05, 4.69) is 15.0 Å². The molecule has 4 aromatic rings. The van der Waals surface area contributed by atoms with Crippen LogP contribution in [0.4, 0.5) is 0 Å². The first-order valence-electron chi connectivity index (χ1n) is 7.70. The number of nitrogens with zero attached hydrogens (tertiary/aromatic N) is 4. The highest BCUT2D eigenvalue weighted by Crippen LogP contribution is 2.27. The molecule has 3 aromatic heterocycles. The van der Waals surface area contributed by atoms with Crippen molar-refractivity contribution in [2.45, 2.75) is 5.75 Å². The number of methoxy groups -OCH3 is 1. The van der Waals surface area contributed by atoms with Crippen LogP contribution in [-0.4, -0.2) is 35.0 Å². The van der Waals surface area contributed by atoms with Gasteiger partial charge in [0.25, 0.3) is 0 Å². The molecule has 0 amide bonds. The Labute approximate surface area is 149 Å². The molecule has 0 aliphatic rings. The minimum Gasteiger partial charge on any atom is -0.481 e. The van der Waals surface area contributed by atoms with Crippen LogP contribution in [-0.2, 0) is 15.8 Å². The summed E-state index contributed by atoms with van der Waals surface area (Å²) in [6, 6.07) is 8.88. The summed E-state index contributed by atoms with van der Waals surface area (Å²) in [5.74, 6) is 0.289. The number of hydrogen-bond donors (Lipinski definition) is 1. The minimum absolute atomic E-state index is 0.200. The summed E-state index contributed by atoms with van der Waals surface area (Å²) < 4.78 is 29.5. The van der Waals surface area contributed by atoms with E-state index in [-0.39, 0.29) is 5.75 Å². The number of hydrogen-bond acceptors (Lipinski definition) is 6. The van der Waals surface area contributed by atoms with Crippen molar-refractivity contribution in [1.29, 1.82) is 0 Å². The number of benzene rings is 1. The fraction of sp³-hybridized carbons (Fsp3) is 0.118. The number of sulfonamides is 1. The van der Waals surface area contributed by atoms with E-state index in [4.69, 9.17) is 9.88 Å². The highest BCUT2D eigenvalue weighted by atomic mass is 32.2. The molecule has 2 N–H and O–H groups in total. The zero-order valence-corrected chi connectivity index (χ0v) is 14.6. The predicted molar refractivity (Wildman–Crippen MR) is 97.5 cm³/mol. The Kier molecular flexibility index (Phi) is 3.82. The van der Waals surface area contributed by atoms with Gasteiger partial charge in [0.2, 0.25) is 15.9 Å². The number of ether oxygens (including phenoxy) is 1. The molecular formula is C17H15N5O3S. The number of primary sulfonamides is 1. The summed E-state index contributed by atoms with van der Waals surface area (Å²) >= 11 is 0. The number of rotatable bonds is 4. The Morgan fingerprint density at radius 1 is 1.08 bits per heavy atom. The van der Waals surface area contributed by atoms with Crippen LogP contribution in [0.5, 0.6) is 5.88 Å². The van der Waals surface area contributed by atoms with Gasteiger partial charge in [0.15, 0.2) is 0 Å². The minimum atomic E-state index is -3.56. The van der Waals surface area contributed by atoms with E-state index >= 15 is 0 Å². The lowest BCUT2D eigenvalue weighted by atomic mass is 10.2. The molecule has 0 spiro atoms. The molecule has 0 aliphatic carbocycles. The van der Waals surface area contributed by atoms with Crippen LogP contribution < -0.4 is 9.88 Å². The molecule has 0 unspecified atom stereocenters. The molecule has 0 saturated carbocycles. The van der Waals surface area contributed by atoms with Crippen LogP contribution in [0.15, 0.2) is 49.1 Å². The van der Waals surface area contributed by atoms with Gasteiger partial charge in [-0.3, -0.25) is 9.55 Å². The maximum Gasteiger partial charge on any atom is 0.215 e. The molecule has 132 valence electrons. The van der Waals surface area contributed by atoms with Gasteiger partial charge in [-0.15, -0.1) is 0 Å². The van der Waals surface area contributed by atoms with E-state index < -0.39 is 10.0 Å². The van der Waals surface area contributed by atoms with E-state index in [1.807, 2.05) is 16.7 Å². The van der Waals surface area contributed by atoms with Crippen LogP contribution >= 0.6 is 0 Å². The maximum atomic E-state index is 11.2. The Bertz CT molecular complexity index is 1220. The highest BCUT2D eigenvalue weighted by molar-refractivity contribution is 7.88. The van der Waals surface area contributed by atoms with Crippen molar-refractivity contribution in [2.75, 3.05) is 7.11 Å². The van der Waals surface area contributed by atoms with E-state index in [0.29, 0.717) is 11.4 Å². The Morgan fingerprint density at radius 2 is 1.85 bits per heavy atom. The first-order chi connectivity index (χ1) is 12.4. The molecule has 0 atom stereocenters. The van der Waals surface area contributed by atoms with E-state index in [1.54, 1.807) is 44.0 Å². The molecule has 0 bridgehead atoms. The number of pyridine rings is 2. The number of fused-ring (bicyclic) bond motifs is 3. The largest absolute Gasteiger partial charge is 0.481 e. The van der Waals surface area contributed by atoms with Gasteiger partial charge in [-0.25, -0.2) is 23.5 Å². The summed E-state index contributed by atoms with van der Waals surface area (Å²) in [5.41, 5.74) is 3.81. The second kappa shape index (κ2) is 6.04. The fourth-order valence-corrected chi connectivity index (χ4v) is 3.52. The van der Waals surface area contributed by atoms with Gasteiger partial charge in [-0.05, 0) is 17.7 Å². The Morgan fingerprint density at radius 3 is 2.54 bits per heavy atom. The number of nitrogens with two attached hydrogens (primary N) is 1. The second-order valence-corrected chi connectivity index (χ2v) is 7.44. The van der Waals surface area contributed by atoms with Crippen molar-refractivity contribution in [3.63, 3.8) is 0 Å². The van der Waals surface area contributed by atoms with Crippen LogP contribution in [0.25, 0.3) is 27.6 Å². The van der Waals surface area contributed by atoms with E-state index in [9.17, 15) is 8.42 Å². The molecule has 1 aromatic carbocycles. The zero-order valence-electron chi connectivity index (χ0n) is 13.8. The van der Waals surface area contributed by atoms with Crippen LogP contribution in [0.1, 0.15) is 5.56 Å². The molecule has 26 heavy (non-hydrogen) atoms. The normalized spacial score (nSPS) is 11.9. The number of imidazole rings is 1. The Balaban J connectivity index is 1.85. The quantitative estimate of drug-likeness (QED) is 0.586. The predicted octanol–water partition coefficient (Wildman–Crippen LogP) is 1.77. The molecule has 0 aliphatic heterocycles. The second-order valence-electron chi connectivity index (χ2n) is 5.82. The van der Waals surface area contributed by atoms with E-state index in [1.165, 1.54) is 0 Å². The van der Waals surface area contributed by atoms with Gasteiger partial charge in [-0.2, -0.15) is 0 Å². The van der Waals surface area contributed by atoms with Crippen molar-refractivity contribution < 1.29 is 13.2 Å². The third-order valence-corrected chi connectivity index (χ3v) is 4.76. The third-order valence-electron chi connectivity index (χ3n) is 4.03. The molecule has 4 rings (SSSR count). The van der Waals surface area contributed by atoms with Gasteiger partial charge in [0, 0.05) is 23.3 Å². The summed E-state index contributed by atoms with van der Waals surface area (Å²) in [6.45, 7) is 0.